The molecule has 3 atom stereocenters. The second-order valence-corrected chi connectivity index (χ2v) is 6.37. The molecule has 1 aliphatic heterocycles. The fourth-order valence-corrected chi connectivity index (χ4v) is 3.56. The Hall–Kier alpha value is -2.13. The Balaban J connectivity index is 1.66. The minimum absolute atomic E-state index is 0.0692. The molecule has 1 heterocycles. The molecule has 1 fully saturated rings. The predicted octanol–water partition coefficient (Wildman–Crippen LogP) is 2.96. The van der Waals surface area contributed by atoms with Crippen molar-refractivity contribution in [3.8, 4) is 0 Å². The van der Waals surface area contributed by atoms with Crippen molar-refractivity contribution < 1.29 is 4.79 Å². The molecule has 2 aromatic carbocycles. The van der Waals surface area contributed by atoms with Crippen molar-refractivity contribution in [2.45, 2.75) is 37.8 Å². The van der Waals surface area contributed by atoms with Crippen LogP contribution in [0.15, 0.2) is 60.7 Å². The number of likely N-dealkylation sites (tertiary alicyclic amines) is 1. The SMILES string of the molecule is CC1C(c2ccccc2)CCN1C(=O)[C@@H](N)Cc1ccccc1. The molecule has 0 aliphatic carbocycles. The second-order valence-electron chi connectivity index (χ2n) is 6.37. The third-order valence-corrected chi connectivity index (χ3v) is 4.88. The number of carbonyl (C=O) groups excluding carboxylic acids is 1. The summed E-state index contributed by atoms with van der Waals surface area (Å²) in [6.07, 6.45) is 1.61. The van der Waals surface area contributed by atoms with Crippen LogP contribution in [-0.2, 0) is 11.2 Å². The molecule has 0 radical (unpaired) electrons. The molecule has 23 heavy (non-hydrogen) atoms. The van der Waals surface area contributed by atoms with Gasteiger partial charge in [0.25, 0.3) is 0 Å². The Labute approximate surface area is 138 Å². The Morgan fingerprint density at radius 3 is 2.39 bits per heavy atom. The van der Waals surface area contributed by atoms with E-state index in [4.69, 9.17) is 5.73 Å². The van der Waals surface area contributed by atoms with Crippen molar-refractivity contribution in [2.75, 3.05) is 6.54 Å². The number of rotatable bonds is 4. The second kappa shape index (κ2) is 6.97. The molecule has 0 saturated carbocycles. The van der Waals surface area contributed by atoms with Crippen LogP contribution in [0.3, 0.4) is 0 Å². The minimum Gasteiger partial charge on any atom is -0.338 e. The maximum atomic E-state index is 12.7. The van der Waals surface area contributed by atoms with Crippen LogP contribution in [0, 0.1) is 0 Å². The van der Waals surface area contributed by atoms with Gasteiger partial charge in [0.1, 0.15) is 0 Å². The summed E-state index contributed by atoms with van der Waals surface area (Å²) in [5, 5.41) is 0. The lowest BCUT2D eigenvalue weighted by Crippen LogP contribution is -2.46. The van der Waals surface area contributed by atoms with E-state index in [1.54, 1.807) is 0 Å². The fourth-order valence-electron chi connectivity index (χ4n) is 3.56. The zero-order valence-corrected chi connectivity index (χ0v) is 13.6. The summed E-state index contributed by atoms with van der Waals surface area (Å²) in [7, 11) is 0. The van der Waals surface area contributed by atoms with E-state index in [0.29, 0.717) is 12.3 Å². The maximum Gasteiger partial charge on any atom is 0.240 e. The quantitative estimate of drug-likeness (QED) is 0.944. The van der Waals surface area contributed by atoms with Crippen LogP contribution in [0.5, 0.6) is 0 Å². The number of hydrogen-bond acceptors (Lipinski definition) is 2. The van der Waals surface area contributed by atoms with Crippen LogP contribution in [0.25, 0.3) is 0 Å². The zero-order chi connectivity index (χ0) is 16.2. The summed E-state index contributed by atoms with van der Waals surface area (Å²) in [5.41, 5.74) is 8.61. The molecular formula is C20H24N2O. The standard InChI is InChI=1S/C20H24N2O/c1-15-18(17-10-6-3-7-11-17)12-13-22(15)20(23)19(21)14-16-8-4-2-5-9-16/h2-11,15,18-19H,12-14,21H2,1H3/t15?,18?,19-/m0/s1. The highest BCUT2D eigenvalue weighted by atomic mass is 16.2. The highest BCUT2D eigenvalue weighted by Gasteiger charge is 2.36. The van der Waals surface area contributed by atoms with E-state index in [-0.39, 0.29) is 11.9 Å². The Kier molecular flexibility index (Phi) is 4.77. The van der Waals surface area contributed by atoms with Crippen LogP contribution in [0.2, 0.25) is 0 Å². The van der Waals surface area contributed by atoms with Gasteiger partial charge in [0.2, 0.25) is 5.91 Å². The van der Waals surface area contributed by atoms with Gasteiger partial charge in [-0.25, -0.2) is 0 Å². The van der Waals surface area contributed by atoms with E-state index in [9.17, 15) is 4.79 Å². The van der Waals surface area contributed by atoms with E-state index < -0.39 is 6.04 Å². The third-order valence-electron chi connectivity index (χ3n) is 4.88. The summed E-state index contributed by atoms with van der Waals surface area (Å²) in [6.45, 7) is 2.93. The maximum absolute atomic E-state index is 12.7. The summed E-state index contributed by atoms with van der Waals surface area (Å²) in [6, 6.07) is 20.2. The molecule has 3 nitrogen and oxygen atoms in total. The first-order valence-corrected chi connectivity index (χ1v) is 8.31. The molecular weight excluding hydrogens is 284 g/mol. The van der Waals surface area contributed by atoms with E-state index in [0.717, 1.165) is 18.5 Å². The van der Waals surface area contributed by atoms with Crippen LogP contribution in [0.1, 0.15) is 30.4 Å². The molecule has 120 valence electrons. The first kappa shape index (κ1) is 15.8. The molecule has 2 N–H and O–H groups in total. The van der Waals surface area contributed by atoms with Crippen LogP contribution in [-0.4, -0.2) is 29.4 Å². The monoisotopic (exact) mass is 308 g/mol. The topological polar surface area (TPSA) is 46.3 Å². The highest BCUT2D eigenvalue weighted by molar-refractivity contribution is 5.82. The van der Waals surface area contributed by atoms with Gasteiger partial charge in [-0.3, -0.25) is 4.79 Å². The van der Waals surface area contributed by atoms with Crippen molar-refractivity contribution >= 4 is 5.91 Å². The van der Waals surface area contributed by atoms with Gasteiger partial charge in [-0.15, -0.1) is 0 Å². The molecule has 0 bridgehead atoms. The minimum atomic E-state index is -0.464. The summed E-state index contributed by atoms with van der Waals surface area (Å²) in [4.78, 5) is 14.7. The first-order chi connectivity index (χ1) is 11.2. The molecule has 3 heteroatoms. The van der Waals surface area contributed by atoms with Gasteiger partial charge in [0, 0.05) is 18.5 Å². The average molecular weight is 308 g/mol. The fraction of sp³-hybridized carbons (Fsp3) is 0.350. The van der Waals surface area contributed by atoms with Crippen molar-refractivity contribution in [1.82, 2.24) is 4.90 Å². The highest BCUT2D eigenvalue weighted by Crippen LogP contribution is 2.33. The van der Waals surface area contributed by atoms with Crippen molar-refractivity contribution in [1.29, 1.82) is 0 Å². The average Bonchev–Trinajstić information content (AvgIpc) is 2.97. The molecule has 0 spiro atoms. The van der Waals surface area contributed by atoms with Crippen molar-refractivity contribution in [3.63, 3.8) is 0 Å². The van der Waals surface area contributed by atoms with Crippen LogP contribution in [0.4, 0.5) is 0 Å². The van der Waals surface area contributed by atoms with Gasteiger partial charge < -0.3 is 10.6 Å². The molecule has 1 aliphatic rings. The number of amides is 1. The van der Waals surface area contributed by atoms with Gasteiger partial charge in [-0.1, -0.05) is 60.7 Å². The largest absolute Gasteiger partial charge is 0.338 e. The molecule has 1 amide bonds. The Morgan fingerprint density at radius 2 is 1.74 bits per heavy atom. The van der Waals surface area contributed by atoms with Crippen LogP contribution >= 0.6 is 0 Å². The van der Waals surface area contributed by atoms with Gasteiger partial charge in [-0.05, 0) is 30.9 Å². The molecule has 2 aromatic rings. The number of benzene rings is 2. The van der Waals surface area contributed by atoms with E-state index in [1.165, 1.54) is 5.56 Å². The first-order valence-electron chi connectivity index (χ1n) is 8.31. The molecule has 1 saturated heterocycles. The van der Waals surface area contributed by atoms with Crippen molar-refractivity contribution in [2.24, 2.45) is 5.73 Å². The number of nitrogens with zero attached hydrogens (tertiary/aromatic N) is 1. The lowest BCUT2D eigenvalue weighted by Gasteiger charge is -2.27. The van der Waals surface area contributed by atoms with Crippen molar-refractivity contribution in [3.05, 3.63) is 71.8 Å². The van der Waals surface area contributed by atoms with Gasteiger partial charge in [0.05, 0.1) is 6.04 Å². The van der Waals surface area contributed by atoms with E-state index >= 15 is 0 Å². The van der Waals surface area contributed by atoms with E-state index in [2.05, 4.69) is 31.2 Å². The Morgan fingerprint density at radius 1 is 1.13 bits per heavy atom. The van der Waals surface area contributed by atoms with Gasteiger partial charge in [0.15, 0.2) is 0 Å². The third kappa shape index (κ3) is 3.45. The lowest BCUT2D eigenvalue weighted by atomic mass is 9.92. The molecule has 2 unspecified atom stereocenters. The molecule has 0 aromatic heterocycles. The normalized spacial score (nSPS) is 22.1. The summed E-state index contributed by atoms with van der Waals surface area (Å²) in [5.74, 6) is 0.476. The predicted molar refractivity (Wildman–Crippen MR) is 93.1 cm³/mol. The lowest BCUT2D eigenvalue weighted by molar-refractivity contribution is -0.133. The smallest absolute Gasteiger partial charge is 0.240 e. The zero-order valence-electron chi connectivity index (χ0n) is 13.6. The van der Waals surface area contributed by atoms with Crippen LogP contribution < -0.4 is 5.73 Å². The summed E-state index contributed by atoms with van der Waals surface area (Å²) < 4.78 is 0. The number of nitrogens with two attached hydrogens (primary N) is 1. The summed E-state index contributed by atoms with van der Waals surface area (Å²) >= 11 is 0. The van der Waals surface area contributed by atoms with E-state index in [1.807, 2.05) is 41.3 Å². The number of hydrogen-bond donors (Lipinski definition) is 1. The molecule has 3 rings (SSSR count). The van der Waals surface area contributed by atoms with Gasteiger partial charge >= 0.3 is 0 Å². The van der Waals surface area contributed by atoms with Gasteiger partial charge in [-0.2, -0.15) is 0 Å². The number of carbonyl (C=O) groups is 1. The Bertz CT molecular complexity index is 641.